The van der Waals surface area contributed by atoms with E-state index in [4.69, 9.17) is 27.2 Å². The number of piperidine rings is 1. The minimum atomic E-state index is -4.14. The lowest BCUT2D eigenvalue weighted by molar-refractivity contribution is -0.148. The zero-order valence-electron chi connectivity index (χ0n) is 16.0. The van der Waals surface area contributed by atoms with Gasteiger partial charge in [-0.1, -0.05) is 23.7 Å². The Morgan fingerprint density at radius 1 is 1.23 bits per heavy atom. The van der Waals surface area contributed by atoms with Crippen molar-refractivity contribution in [3.8, 4) is 0 Å². The number of fused-ring (bicyclic) bond motifs is 2. The summed E-state index contributed by atoms with van der Waals surface area (Å²) >= 11 is 6.18. The Kier molecular flexibility index (Phi) is 5.36. The highest BCUT2D eigenvalue weighted by Gasteiger charge is 2.48. The number of primary sulfonamides is 1. The Bertz CT molecular complexity index is 1120. The maximum atomic E-state index is 13.8. The van der Waals surface area contributed by atoms with Gasteiger partial charge in [-0.3, -0.25) is 9.69 Å². The van der Waals surface area contributed by atoms with Crippen molar-refractivity contribution in [2.75, 3.05) is 13.1 Å². The van der Waals surface area contributed by atoms with Crippen molar-refractivity contribution in [3.05, 3.63) is 63.9 Å². The van der Waals surface area contributed by atoms with Crippen LogP contribution in [-0.4, -0.2) is 32.3 Å². The van der Waals surface area contributed by atoms with Crippen molar-refractivity contribution in [2.24, 2.45) is 10.9 Å². The number of carbonyl (C=O) groups is 1. The van der Waals surface area contributed by atoms with Crippen molar-refractivity contribution in [1.82, 2.24) is 4.90 Å². The van der Waals surface area contributed by atoms with Gasteiger partial charge in [-0.05, 0) is 53.8 Å². The topological polar surface area (TPSA) is 116 Å². The van der Waals surface area contributed by atoms with Crippen LogP contribution in [0.25, 0.3) is 0 Å². The van der Waals surface area contributed by atoms with Gasteiger partial charge in [0.05, 0.1) is 5.60 Å². The van der Waals surface area contributed by atoms with Crippen LogP contribution in [-0.2, 0) is 31.7 Å². The van der Waals surface area contributed by atoms with Gasteiger partial charge in [0.1, 0.15) is 10.7 Å². The number of likely N-dealkylation sites (tertiary alicyclic amines) is 1. The van der Waals surface area contributed by atoms with Crippen LogP contribution >= 0.6 is 11.6 Å². The number of benzene rings is 2. The van der Waals surface area contributed by atoms with Crippen LogP contribution in [0, 0.1) is 5.82 Å². The third-order valence-electron chi connectivity index (χ3n) is 5.76. The molecule has 7 nitrogen and oxygen atoms in total. The maximum absolute atomic E-state index is 13.8. The van der Waals surface area contributed by atoms with E-state index >= 15 is 0 Å². The predicted octanol–water partition coefficient (Wildman–Crippen LogP) is 2.17. The number of primary amides is 1. The largest absolute Gasteiger partial charge is 0.367 e. The molecule has 2 aliphatic heterocycles. The molecule has 0 aliphatic carbocycles. The Labute approximate surface area is 178 Å². The second kappa shape index (κ2) is 7.58. The molecule has 30 heavy (non-hydrogen) atoms. The first-order valence-electron chi connectivity index (χ1n) is 9.40. The molecule has 0 saturated carbocycles. The molecule has 0 aromatic heterocycles. The van der Waals surface area contributed by atoms with E-state index in [0.29, 0.717) is 43.1 Å². The Hall–Kier alpha value is -2.04. The molecular weight excluding hydrogens is 433 g/mol. The lowest BCUT2D eigenvalue weighted by Crippen LogP contribution is -2.42. The van der Waals surface area contributed by atoms with Gasteiger partial charge in [0.25, 0.3) is 5.91 Å². The van der Waals surface area contributed by atoms with E-state index in [9.17, 15) is 17.6 Å². The number of carbonyl (C=O) groups excluding carboxylic acids is 1. The van der Waals surface area contributed by atoms with Crippen LogP contribution < -0.4 is 10.9 Å². The van der Waals surface area contributed by atoms with Gasteiger partial charge in [-0.25, -0.2) is 17.9 Å². The fourth-order valence-corrected chi connectivity index (χ4v) is 5.13. The Morgan fingerprint density at radius 2 is 1.93 bits per heavy atom. The van der Waals surface area contributed by atoms with Crippen molar-refractivity contribution in [2.45, 2.75) is 36.0 Å². The molecule has 1 fully saturated rings. The smallest absolute Gasteiger partial charge is 0.251 e. The lowest BCUT2D eigenvalue weighted by Gasteiger charge is -2.39. The van der Waals surface area contributed by atoms with Gasteiger partial charge in [0, 0.05) is 24.7 Å². The number of ether oxygens (including phenoxy) is 1. The van der Waals surface area contributed by atoms with Crippen molar-refractivity contribution in [1.29, 1.82) is 0 Å². The third-order valence-corrected chi connectivity index (χ3v) is 6.92. The summed E-state index contributed by atoms with van der Waals surface area (Å²) < 4.78 is 43.0. The molecule has 1 amide bonds. The molecule has 1 spiro atoms. The highest BCUT2D eigenvalue weighted by Crippen LogP contribution is 2.50. The molecule has 2 heterocycles. The number of hydrogen-bond acceptors (Lipinski definition) is 5. The van der Waals surface area contributed by atoms with Gasteiger partial charge >= 0.3 is 0 Å². The molecule has 10 heteroatoms. The summed E-state index contributed by atoms with van der Waals surface area (Å²) in [7, 11) is -4.14. The number of hydrogen-bond donors (Lipinski definition) is 2. The van der Waals surface area contributed by atoms with E-state index < -0.39 is 38.3 Å². The van der Waals surface area contributed by atoms with Gasteiger partial charge in [0.15, 0.2) is 6.10 Å². The van der Waals surface area contributed by atoms with E-state index in [1.807, 2.05) is 6.07 Å². The zero-order chi connectivity index (χ0) is 21.7. The van der Waals surface area contributed by atoms with Crippen molar-refractivity contribution >= 4 is 27.5 Å². The monoisotopic (exact) mass is 453 g/mol. The first kappa shape index (κ1) is 21.2. The van der Waals surface area contributed by atoms with Crippen LogP contribution in [0.5, 0.6) is 0 Å². The molecular formula is C20H21ClFN3O4S. The SMILES string of the molecule is NC(=O)C1OC2(CCN(Cc3ccc(F)c(S(N)(=O)=O)c3)CC2)c2cc(Cl)ccc21. The molecule has 2 aromatic carbocycles. The summed E-state index contributed by atoms with van der Waals surface area (Å²) in [5.41, 5.74) is 7.16. The highest BCUT2D eigenvalue weighted by atomic mass is 35.5. The fraction of sp³-hybridized carbons (Fsp3) is 0.350. The minimum Gasteiger partial charge on any atom is -0.367 e. The lowest BCUT2D eigenvalue weighted by atomic mass is 9.83. The summed E-state index contributed by atoms with van der Waals surface area (Å²) in [6, 6.07) is 9.23. The van der Waals surface area contributed by atoms with Crippen molar-refractivity contribution < 1.29 is 22.3 Å². The van der Waals surface area contributed by atoms with Crippen LogP contribution in [0.1, 0.15) is 35.6 Å². The molecule has 2 aromatic rings. The predicted molar refractivity (Wildman–Crippen MR) is 108 cm³/mol. The molecule has 0 radical (unpaired) electrons. The van der Waals surface area contributed by atoms with E-state index in [0.717, 1.165) is 17.2 Å². The summed E-state index contributed by atoms with van der Waals surface area (Å²) in [4.78, 5) is 13.5. The number of nitrogens with two attached hydrogens (primary N) is 2. The van der Waals surface area contributed by atoms with Gasteiger partial charge in [0.2, 0.25) is 10.0 Å². The molecule has 1 atom stereocenters. The summed E-state index contributed by atoms with van der Waals surface area (Å²) in [5, 5.41) is 5.65. The third kappa shape index (κ3) is 3.83. The van der Waals surface area contributed by atoms with E-state index in [-0.39, 0.29) is 0 Å². The van der Waals surface area contributed by atoms with Crippen LogP contribution in [0.3, 0.4) is 0 Å². The molecule has 160 valence electrons. The maximum Gasteiger partial charge on any atom is 0.251 e. The van der Waals surface area contributed by atoms with Crippen LogP contribution in [0.4, 0.5) is 4.39 Å². The van der Waals surface area contributed by atoms with Crippen LogP contribution in [0.15, 0.2) is 41.3 Å². The average molecular weight is 454 g/mol. The molecule has 1 unspecified atom stereocenters. The first-order chi connectivity index (χ1) is 14.1. The quantitative estimate of drug-likeness (QED) is 0.736. The van der Waals surface area contributed by atoms with Gasteiger partial charge < -0.3 is 10.5 Å². The number of amides is 1. The molecule has 4 N–H and O–H groups in total. The molecule has 4 rings (SSSR count). The van der Waals surface area contributed by atoms with Crippen molar-refractivity contribution in [3.63, 3.8) is 0 Å². The zero-order valence-corrected chi connectivity index (χ0v) is 17.5. The van der Waals surface area contributed by atoms with E-state index in [1.54, 1.807) is 18.2 Å². The second-order valence-electron chi connectivity index (χ2n) is 7.71. The summed E-state index contributed by atoms with van der Waals surface area (Å²) in [6.07, 6.45) is 0.402. The van der Waals surface area contributed by atoms with Crippen LogP contribution in [0.2, 0.25) is 5.02 Å². The minimum absolute atomic E-state index is 0.431. The fourth-order valence-electron chi connectivity index (χ4n) is 4.30. The molecule has 0 bridgehead atoms. The number of sulfonamides is 1. The molecule has 2 aliphatic rings. The normalized spacial score (nSPS) is 21.0. The first-order valence-corrected chi connectivity index (χ1v) is 11.3. The van der Waals surface area contributed by atoms with Gasteiger partial charge in [-0.15, -0.1) is 0 Å². The Balaban J connectivity index is 1.53. The second-order valence-corrected chi connectivity index (χ2v) is 9.68. The Morgan fingerprint density at radius 3 is 2.57 bits per heavy atom. The number of rotatable bonds is 4. The number of nitrogens with zero attached hydrogens (tertiary/aromatic N) is 1. The van der Waals surface area contributed by atoms with Gasteiger partial charge in [-0.2, -0.15) is 0 Å². The molecule has 1 saturated heterocycles. The highest BCUT2D eigenvalue weighted by molar-refractivity contribution is 7.89. The standard InChI is InChI=1S/C20H21ClFN3O4S/c21-13-2-3-14-15(10-13)20(29-18(14)19(23)26)5-7-25(8-6-20)11-12-1-4-16(22)17(9-12)30(24,27)28/h1-4,9-10,18H,5-8,11H2,(H2,23,26)(H2,24,27,28). The summed E-state index contributed by atoms with van der Waals surface area (Å²) in [6.45, 7) is 1.68. The summed E-state index contributed by atoms with van der Waals surface area (Å²) in [5.74, 6) is -1.41. The average Bonchev–Trinajstić information content (AvgIpc) is 2.98. The van der Waals surface area contributed by atoms with E-state index in [1.165, 1.54) is 6.07 Å². The number of halogens is 2. The van der Waals surface area contributed by atoms with E-state index in [2.05, 4.69) is 4.90 Å².